The van der Waals surface area contributed by atoms with Gasteiger partial charge in [-0.05, 0) is 19.3 Å². The summed E-state index contributed by atoms with van der Waals surface area (Å²) in [5.41, 5.74) is 0.556. The molecule has 0 aromatic heterocycles. The van der Waals surface area contributed by atoms with Crippen LogP contribution in [0.4, 0.5) is 0 Å². The maximum absolute atomic E-state index is 4.96. The van der Waals surface area contributed by atoms with Crippen molar-refractivity contribution in [1.82, 2.24) is 4.31 Å². The van der Waals surface area contributed by atoms with Crippen LogP contribution in [-0.4, -0.2) is 17.4 Å². The first-order valence-corrected chi connectivity index (χ1v) is 4.98. The molecule has 68 valence electrons. The average Bonchev–Trinajstić information content (AvgIpc) is 2.04. The fourth-order valence-electron chi connectivity index (χ4n) is 2.05. The van der Waals surface area contributed by atoms with E-state index in [0.29, 0.717) is 5.41 Å². The molecule has 1 fully saturated rings. The molecule has 1 aliphatic heterocycles. The zero-order chi connectivity index (χ0) is 8.44. The van der Waals surface area contributed by atoms with Crippen molar-refractivity contribution in [3.63, 3.8) is 0 Å². The minimum absolute atomic E-state index is 0.556. The minimum atomic E-state index is 0.556. The lowest BCUT2D eigenvalue weighted by Crippen LogP contribution is -2.53. The predicted molar refractivity (Wildman–Crippen MR) is 49.9 cm³/mol. The van der Waals surface area contributed by atoms with Crippen molar-refractivity contribution in [2.24, 2.45) is 11.3 Å². The number of rotatable bonds is 2. The summed E-state index contributed by atoms with van der Waals surface area (Å²) in [6.45, 7) is 2.25. The molecule has 0 atom stereocenters. The molecular weight excluding hydrogens is 172 g/mol. The van der Waals surface area contributed by atoms with E-state index in [1.54, 1.807) is 0 Å². The van der Waals surface area contributed by atoms with Crippen LogP contribution in [0.5, 0.6) is 0 Å². The molecule has 2 rings (SSSR count). The van der Waals surface area contributed by atoms with Crippen LogP contribution >= 0.6 is 12.2 Å². The largest absolute Gasteiger partial charge is 0.224 e. The highest BCUT2D eigenvalue weighted by molar-refractivity contribution is 7.92. The molecule has 4 heteroatoms. The predicted octanol–water partition coefficient (Wildman–Crippen LogP) is 1.48. The third-order valence-corrected chi connectivity index (χ3v) is 3.29. The van der Waals surface area contributed by atoms with Crippen molar-refractivity contribution in [2.75, 3.05) is 13.1 Å². The fourth-order valence-corrected chi connectivity index (χ4v) is 2.82. The van der Waals surface area contributed by atoms with Gasteiger partial charge in [0.05, 0.1) is 0 Å². The standard InChI is InChI=1S/C8H14N2OS/c9-11-12-10-6-8(7-10)4-2-1-3-5-8/h1-2H,3-7,9H2. The Kier molecular flexibility index (Phi) is 2.41. The molecule has 1 saturated heterocycles. The lowest BCUT2D eigenvalue weighted by atomic mass is 9.72. The van der Waals surface area contributed by atoms with E-state index in [4.69, 9.17) is 5.90 Å². The molecule has 0 aromatic rings. The van der Waals surface area contributed by atoms with Crippen LogP contribution in [0.2, 0.25) is 0 Å². The van der Waals surface area contributed by atoms with Gasteiger partial charge in [-0.2, -0.15) is 0 Å². The summed E-state index contributed by atoms with van der Waals surface area (Å²) in [7, 11) is 0. The summed E-state index contributed by atoms with van der Waals surface area (Å²) in [6, 6.07) is 0. The van der Waals surface area contributed by atoms with E-state index in [0.717, 1.165) is 13.1 Å². The van der Waals surface area contributed by atoms with Crippen LogP contribution < -0.4 is 5.90 Å². The Morgan fingerprint density at radius 3 is 2.83 bits per heavy atom. The molecule has 2 N–H and O–H groups in total. The van der Waals surface area contributed by atoms with Gasteiger partial charge in [-0.15, -0.1) is 0 Å². The normalized spacial score (nSPS) is 27.4. The van der Waals surface area contributed by atoms with Crippen LogP contribution in [-0.2, 0) is 4.28 Å². The van der Waals surface area contributed by atoms with Gasteiger partial charge in [-0.25, -0.2) is 14.5 Å². The first-order chi connectivity index (χ1) is 5.85. The van der Waals surface area contributed by atoms with E-state index in [-0.39, 0.29) is 0 Å². The minimum Gasteiger partial charge on any atom is -0.224 e. The van der Waals surface area contributed by atoms with Gasteiger partial charge in [0, 0.05) is 18.5 Å². The monoisotopic (exact) mass is 186 g/mol. The molecule has 3 nitrogen and oxygen atoms in total. The van der Waals surface area contributed by atoms with E-state index in [9.17, 15) is 0 Å². The molecule has 12 heavy (non-hydrogen) atoms. The van der Waals surface area contributed by atoms with Gasteiger partial charge in [0.1, 0.15) is 12.2 Å². The second kappa shape index (κ2) is 3.38. The first-order valence-electron chi connectivity index (χ1n) is 4.28. The van der Waals surface area contributed by atoms with Crippen molar-refractivity contribution in [2.45, 2.75) is 19.3 Å². The van der Waals surface area contributed by atoms with Crippen LogP contribution in [0.1, 0.15) is 19.3 Å². The lowest BCUT2D eigenvalue weighted by Gasteiger charge is -2.49. The lowest BCUT2D eigenvalue weighted by molar-refractivity contribution is 0.0625. The molecule has 1 aliphatic carbocycles. The molecule has 0 aromatic carbocycles. The highest BCUT2D eigenvalue weighted by Gasteiger charge is 2.42. The van der Waals surface area contributed by atoms with Crippen molar-refractivity contribution in [3.8, 4) is 0 Å². The Morgan fingerprint density at radius 1 is 1.42 bits per heavy atom. The molecule has 2 aliphatic rings. The molecule has 0 bridgehead atoms. The second-order valence-electron chi connectivity index (χ2n) is 3.68. The van der Waals surface area contributed by atoms with Gasteiger partial charge in [-0.1, -0.05) is 12.2 Å². The zero-order valence-electron chi connectivity index (χ0n) is 7.03. The third kappa shape index (κ3) is 1.52. The van der Waals surface area contributed by atoms with Gasteiger partial charge in [0.15, 0.2) is 0 Å². The molecule has 0 saturated carbocycles. The van der Waals surface area contributed by atoms with E-state index < -0.39 is 0 Å². The highest BCUT2D eigenvalue weighted by Crippen LogP contribution is 2.43. The Labute approximate surface area is 77.2 Å². The average molecular weight is 186 g/mol. The van der Waals surface area contributed by atoms with Crippen LogP contribution in [0.15, 0.2) is 12.2 Å². The summed E-state index contributed by atoms with van der Waals surface area (Å²) in [6.07, 6.45) is 8.37. The van der Waals surface area contributed by atoms with Gasteiger partial charge in [0.2, 0.25) is 0 Å². The van der Waals surface area contributed by atoms with Crippen LogP contribution in [0.25, 0.3) is 0 Å². The SMILES string of the molecule is NOSN1CC2(CC=CCC2)C1. The van der Waals surface area contributed by atoms with Gasteiger partial charge >= 0.3 is 0 Å². The smallest absolute Gasteiger partial charge is 0.104 e. The molecule has 0 unspecified atom stereocenters. The first kappa shape index (κ1) is 8.56. The van der Waals surface area contributed by atoms with E-state index in [1.165, 1.54) is 31.5 Å². The molecular formula is C8H14N2OS. The maximum Gasteiger partial charge on any atom is 0.104 e. The Balaban J connectivity index is 1.81. The Bertz CT molecular complexity index is 189. The van der Waals surface area contributed by atoms with Crippen molar-refractivity contribution in [1.29, 1.82) is 0 Å². The molecule has 1 spiro atoms. The molecule has 1 heterocycles. The Morgan fingerprint density at radius 2 is 2.25 bits per heavy atom. The number of nitrogens with two attached hydrogens (primary N) is 1. The Hall–Kier alpha value is -0.0300. The zero-order valence-corrected chi connectivity index (χ0v) is 7.85. The topological polar surface area (TPSA) is 38.5 Å². The quantitative estimate of drug-likeness (QED) is 0.307. The van der Waals surface area contributed by atoms with Gasteiger partial charge in [0.25, 0.3) is 0 Å². The summed E-state index contributed by atoms with van der Waals surface area (Å²) in [5, 5.41) is 0. The number of hydrogen-bond acceptors (Lipinski definition) is 4. The van der Waals surface area contributed by atoms with Gasteiger partial charge < -0.3 is 0 Å². The second-order valence-corrected chi connectivity index (χ2v) is 4.54. The van der Waals surface area contributed by atoms with Crippen molar-refractivity contribution in [3.05, 3.63) is 12.2 Å². The van der Waals surface area contributed by atoms with Gasteiger partial charge in [-0.3, -0.25) is 0 Å². The number of allylic oxidation sites excluding steroid dienone is 2. The van der Waals surface area contributed by atoms with E-state index in [2.05, 4.69) is 20.7 Å². The van der Waals surface area contributed by atoms with Crippen molar-refractivity contribution < 1.29 is 4.28 Å². The third-order valence-electron chi connectivity index (χ3n) is 2.73. The summed E-state index contributed by atoms with van der Waals surface area (Å²) < 4.78 is 6.67. The maximum atomic E-state index is 4.96. The van der Waals surface area contributed by atoms with E-state index >= 15 is 0 Å². The summed E-state index contributed by atoms with van der Waals surface area (Å²) in [4.78, 5) is 0. The van der Waals surface area contributed by atoms with E-state index in [1.807, 2.05) is 0 Å². The van der Waals surface area contributed by atoms with Crippen molar-refractivity contribution >= 4 is 12.2 Å². The summed E-state index contributed by atoms with van der Waals surface area (Å²) >= 11 is 1.27. The molecule has 0 radical (unpaired) electrons. The fraction of sp³-hybridized carbons (Fsp3) is 0.750. The highest BCUT2D eigenvalue weighted by atomic mass is 32.2. The summed E-state index contributed by atoms with van der Waals surface area (Å²) in [5.74, 6) is 4.96. The number of hydrogen-bond donors (Lipinski definition) is 1. The van der Waals surface area contributed by atoms with Crippen LogP contribution in [0, 0.1) is 5.41 Å². The van der Waals surface area contributed by atoms with Crippen LogP contribution in [0.3, 0.4) is 0 Å². The number of nitrogens with zero attached hydrogens (tertiary/aromatic N) is 1. The molecule has 0 amide bonds.